The number of rotatable bonds is 2. The van der Waals surface area contributed by atoms with E-state index in [1.165, 1.54) is 11.3 Å². The molecule has 6 nitrogen and oxygen atoms in total. The number of nitrogens with zero attached hydrogens (tertiary/aromatic N) is 1. The Morgan fingerprint density at radius 1 is 1.16 bits per heavy atom. The molecule has 3 heterocycles. The third-order valence-electron chi connectivity index (χ3n) is 7.12. The number of anilines is 1. The largest absolute Gasteiger partial charge is 0.494 e. The topological polar surface area (TPSA) is 60.0 Å². The highest BCUT2D eigenvalue weighted by atomic mass is 16.7. The monoisotopic (exact) mass is 428 g/mol. The van der Waals surface area contributed by atoms with Gasteiger partial charge in [-0.2, -0.15) is 0 Å². The number of carbonyl (C=O) groups excluding carboxylic acids is 1. The van der Waals surface area contributed by atoms with Gasteiger partial charge >= 0.3 is 13.2 Å². The summed E-state index contributed by atoms with van der Waals surface area (Å²) < 4.78 is 17.9. The Morgan fingerprint density at radius 3 is 2.48 bits per heavy atom. The van der Waals surface area contributed by atoms with Gasteiger partial charge < -0.3 is 24.3 Å². The maximum atomic E-state index is 12.2. The number of fused-ring (bicyclic) bond motifs is 3. The SMILES string of the molecule is CC(C)(C)OC(=O)NC1CCN2c3ccc(B4OC(C)(C)C(C)(C)O4)cc3CCC2C1. The van der Waals surface area contributed by atoms with Gasteiger partial charge in [-0.05, 0) is 91.2 Å². The van der Waals surface area contributed by atoms with Crippen molar-refractivity contribution in [1.29, 1.82) is 0 Å². The van der Waals surface area contributed by atoms with Gasteiger partial charge in [0.25, 0.3) is 0 Å². The van der Waals surface area contributed by atoms with E-state index in [2.05, 4.69) is 56.1 Å². The Bertz CT molecular complexity index is 832. The first-order valence-corrected chi connectivity index (χ1v) is 11.6. The molecule has 0 bridgehead atoms. The Morgan fingerprint density at radius 2 is 1.84 bits per heavy atom. The summed E-state index contributed by atoms with van der Waals surface area (Å²) in [6.45, 7) is 15.0. The van der Waals surface area contributed by atoms with E-state index < -0.39 is 5.60 Å². The Kier molecular flexibility index (Phi) is 5.58. The van der Waals surface area contributed by atoms with Gasteiger partial charge in [-0.15, -0.1) is 0 Å². The minimum Gasteiger partial charge on any atom is -0.444 e. The number of alkyl carbamates (subject to hydrolysis) is 1. The van der Waals surface area contributed by atoms with E-state index in [1.54, 1.807) is 0 Å². The Labute approximate surface area is 187 Å². The molecule has 3 aliphatic rings. The van der Waals surface area contributed by atoms with E-state index in [9.17, 15) is 4.79 Å². The van der Waals surface area contributed by atoms with Gasteiger partial charge in [0.2, 0.25) is 0 Å². The van der Waals surface area contributed by atoms with Crippen LogP contribution in [0.5, 0.6) is 0 Å². The van der Waals surface area contributed by atoms with Gasteiger partial charge in [0.1, 0.15) is 5.60 Å². The van der Waals surface area contributed by atoms with Gasteiger partial charge in [0.05, 0.1) is 11.2 Å². The number of ether oxygens (including phenoxy) is 1. The molecule has 1 amide bonds. The molecule has 2 atom stereocenters. The lowest BCUT2D eigenvalue weighted by molar-refractivity contribution is 0.00578. The second-order valence-corrected chi connectivity index (χ2v) is 11.2. The molecule has 0 radical (unpaired) electrons. The molecule has 0 spiro atoms. The molecular formula is C24H37BN2O4. The highest BCUT2D eigenvalue weighted by molar-refractivity contribution is 6.62. The first kappa shape index (κ1) is 22.5. The predicted molar refractivity (Wildman–Crippen MR) is 124 cm³/mol. The second kappa shape index (κ2) is 7.70. The molecule has 1 N–H and O–H groups in total. The average molecular weight is 428 g/mol. The van der Waals surface area contributed by atoms with Crippen molar-refractivity contribution in [1.82, 2.24) is 5.32 Å². The maximum Gasteiger partial charge on any atom is 0.494 e. The molecule has 31 heavy (non-hydrogen) atoms. The number of benzene rings is 1. The summed E-state index contributed by atoms with van der Waals surface area (Å²) in [6, 6.07) is 7.25. The average Bonchev–Trinajstić information content (AvgIpc) is 2.86. The fraction of sp³-hybridized carbons (Fsp3) is 0.708. The van der Waals surface area contributed by atoms with Crippen molar-refractivity contribution in [2.24, 2.45) is 0 Å². The van der Waals surface area contributed by atoms with Crippen LogP contribution in [0.4, 0.5) is 10.5 Å². The number of hydrogen-bond acceptors (Lipinski definition) is 5. The predicted octanol–water partition coefficient (Wildman–Crippen LogP) is 3.79. The highest BCUT2D eigenvalue weighted by Crippen LogP contribution is 2.38. The van der Waals surface area contributed by atoms with Gasteiger partial charge in [-0.1, -0.05) is 12.1 Å². The van der Waals surface area contributed by atoms with E-state index >= 15 is 0 Å². The van der Waals surface area contributed by atoms with Crippen LogP contribution in [0, 0.1) is 0 Å². The molecule has 2 fully saturated rings. The summed E-state index contributed by atoms with van der Waals surface area (Å²) in [6.07, 6.45) is 3.69. The lowest BCUT2D eigenvalue weighted by atomic mass is 9.76. The van der Waals surface area contributed by atoms with Crippen LogP contribution in [0.2, 0.25) is 0 Å². The van der Waals surface area contributed by atoms with Crippen molar-refractivity contribution < 1.29 is 18.8 Å². The first-order chi connectivity index (χ1) is 14.3. The zero-order valence-corrected chi connectivity index (χ0v) is 20.1. The number of carbonyl (C=O) groups is 1. The van der Waals surface area contributed by atoms with E-state index in [4.69, 9.17) is 14.0 Å². The van der Waals surface area contributed by atoms with E-state index in [-0.39, 0.29) is 30.5 Å². The van der Waals surface area contributed by atoms with Gasteiger partial charge in [-0.3, -0.25) is 0 Å². The summed E-state index contributed by atoms with van der Waals surface area (Å²) in [7, 11) is -0.322. The normalized spacial score (nSPS) is 26.8. The van der Waals surface area contributed by atoms with Crippen molar-refractivity contribution >= 4 is 24.4 Å². The number of hydrogen-bond donors (Lipinski definition) is 1. The van der Waals surface area contributed by atoms with Crippen molar-refractivity contribution in [3.63, 3.8) is 0 Å². The molecule has 0 aliphatic carbocycles. The molecule has 0 aromatic heterocycles. The summed E-state index contributed by atoms with van der Waals surface area (Å²) in [4.78, 5) is 14.7. The molecule has 0 saturated carbocycles. The van der Waals surface area contributed by atoms with Crippen LogP contribution in [0.1, 0.15) is 73.3 Å². The van der Waals surface area contributed by atoms with Crippen LogP contribution in [0.25, 0.3) is 0 Å². The summed E-state index contributed by atoms with van der Waals surface area (Å²) >= 11 is 0. The van der Waals surface area contributed by atoms with Gasteiger partial charge in [-0.25, -0.2) is 4.79 Å². The quantitative estimate of drug-likeness (QED) is 0.727. The van der Waals surface area contributed by atoms with Crippen LogP contribution in [-0.2, 0) is 20.5 Å². The fourth-order valence-corrected chi connectivity index (χ4v) is 4.78. The highest BCUT2D eigenvalue weighted by Gasteiger charge is 2.51. The van der Waals surface area contributed by atoms with Crippen molar-refractivity contribution in [3.05, 3.63) is 23.8 Å². The zero-order chi connectivity index (χ0) is 22.6. The number of amides is 1. The summed E-state index contributed by atoms with van der Waals surface area (Å²) in [5.74, 6) is 0. The van der Waals surface area contributed by atoms with Crippen molar-refractivity contribution in [2.45, 2.75) is 103 Å². The van der Waals surface area contributed by atoms with E-state index in [0.29, 0.717) is 6.04 Å². The Hall–Kier alpha value is -1.73. The van der Waals surface area contributed by atoms with Gasteiger partial charge in [0.15, 0.2) is 0 Å². The number of aryl methyl sites for hydroxylation is 1. The third-order valence-corrected chi connectivity index (χ3v) is 7.12. The molecular weight excluding hydrogens is 391 g/mol. The van der Waals surface area contributed by atoms with Crippen molar-refractivity contribution in [3.8, 4) is 0 Å². The molecule has 170 valence electrons. The standard InChI is InChI=1S/C24H37BN2O4/c1-22(2,3)29-21(28)26-18-12-13-27-19(15-18)10-8-16-14-17(9-11-20(16)27)25-30-23(4,5)24(6,7)31-25/h9,11,14,18-19H,8,10,12-13,15H2,1-7H3,(H,26,28). The molecule has 3 aliphatic heterocycles. The van der Waals surface area contributed by atoms with Crippen LogP contribution in [-0.4, -0.2) is 48.6 Å². The van der Waals surface area contributed by atoms with Crippen LogP contribution < -0.4 is 15.7 Å². The van der Waals surface area contributed by atoms with Crippen LogP contribution in [0.3, 0.4) is 0 Å². The van der Waals surface area contributed by atoms with Gasteiger partial charge in [0, 0.05) is 24.3 Å². The third kappa shape index (κ3) is 4.58. The molecule has 1 aromatic carbocycles. The lowest BCUT2D eigenvalue weighted by Crippen LogP contribution is -2.52. The van der Waals surface area contributed by atoms with Crippen LogP contribution >= 0.6 is 0 Å². The van der Waals surface area contributed by atoms with E-state index in [0.717, 1.165) is 37.7 Å². The van der Waals surface area contributed by atoms with E-state index in [1.807, 2.05) is 20.8 Å². The maximum absolute atomic E-state index is 12.2. The Balaban J connectivity index is 1.42. The number of nitrogens with one attached hydrogen (secondary N) is 1. The van der Waals surface area contributed by atoms with Crippen LogP contribution in [0.15, 0.2) is 18.2 Å². The fourth-order valence-electron chi connectivity index (χ4n) is 4.78. The molecule has 2 saturated heterocycles. The molecule has 1 aromatic rings. The zero-order valence-electron chi connectivity index (χ0n) is 20.1. The molecule has 2 unspecified atom stereocenters. The minimum absolute atomic E-state index is 0.168. The molecule has 4 rings (SSSR count). The smallest absolute Gasteiger partial charge is 0.444 e. The summed E-state index contributed by atoms with van der Waals surface area (Å²) in [5.41, 5.74) is 2.64. The number of piperidine rings is 1. The second-order valence-electron chi connectivity index (χ2n) is 11.2. The molecule has 7 heteroatoms. The minimum atomic E-state index is -0.469. The lowest BCUT2D eigenvalue weighted by Gasteiger charge is -2.45. The first-order valence-electron chi connectivity index (χ1n) is 11.6. The van der Waals surface area contributed by atoms with Crippen molar-refractivity contribution in [2.75, 3.05) is 11.4 Å². The summed E-state index contributed by atoms with van der Waals surface area (Å²) in [5, 5.41) is 3.07.